The van der Waals surface area contributed by atoms with E-state index in [0.29, 0.717) is 5.56 Å². The molecule has 0 bridgehead atoms. The zero-order chi connectivity index (χ0) is 10.3. The van der Waals surface area contributed by atoms with Crippen molar-refractivity contribution in [3.63, 3.8) is 0 Å². The number of hydrogen-bond acceptors (Lipinski definition) is 2. The summed E-state index contributed by atoms with van der Waals surface area (Å²) < 4.78 is 43.6. The first-order chi connectivity index (χ1) is 6.48. The van der Waals surface area contributed by atoms with Crippen molar-refractivity contribution in [3.8, 4) is 0 Å². The summed E-state index contributed by atoms with van der Waals surface area (Å²) in [7, 11) is -4.22. The lowest BCUT2D eigenvalue weighted by Crippen LogP contribution is -2.02. The van der Waals surface area contributed by atoms with Crippen LogP contribution < -0.4 is 0 Å². The summed E-state index contributed by atoms with van der Waals surface area (Å²) in [6.45, 7) is 0. The van der Waals surface area contributed by atoms with E-state index in [4.69, 9.17) is 4.55 Å². The van der Waals surface area contributed by atoms with Crippen molar-refractivity contribution in [2.45, 2.75) is 23.7 Å². The third kappa shape index (κ3) is 1.78. The topological polar surface area (TPSA) is 54.4 Å². The number of rotatable bonds is 2. The zero-order valence-corrected chi connectivity index (χ0v) is 8.09. The maximum absolute atomic E-state index is 12.8. The highest BCUT2D eigenvalue weighted by molar-refractivity contribution is 7.85. The van der Waals surface area contributed by atoms with Gasteiger partial charge in [-0.1, -0.05) is 0 Å². The highest BCUT2D eigenvalue weighted by Crippen LogP contribution is 2.42. The van der Waals surface area contributed by atoms with Crippen molar-refractivity contribution in [1.82, 2.24) is 0 Å². The third-order valence-corrected chi connectivity index (χ3v) is 3.19. The smallest absolute Gasteiger partial charge is 0.282 e. The van der Waals surface area contributed by atoms with Gasteiger partial charge in [0.05, 0.1) is 4.90 Å². The van der Waals surface area contributed by atoms with Gasteiger partial charge >= 0.3 is 0 Å². The molecule has 76 valence electrons. The van der Waals surface area contributed by atoms with Gasteiger partial charge < -0.3 is 0 Å². The lowest BCUT2D eigenvalue weighted by atomic mass is 10.1. The molecule has 14 heavy (non-hydrogen) atoms. The second kappa shape index (κ2) is 3.03. The Labute approximate surface area is 81.3 Å². The van der Waals surface area contributed by atoms with E-state index in [-0.39, 0.29) is 10.8 Å². The number of benzene rings is 1. The first-order valence-electron chi connectivity index (χ1n) is 4.25. The second-order valence-corrected chi connectivity index (χ2v) is 4.82. The average molecular weight is 216 g/mol. The van der Waals surface area contributed by atoms with Gasteiger partial charge in [0, 0.05) is 0 Å². The molecular formula is C9H9FO3S. The van der Waals surface area contributed by atoms with Crippen molar-refractivity contribution in [2.75, 3.05) is 0 Å². The van der Waals surface area contributed by atoms with E-state index in [0.717, 1.165) is 25.0 Å². The molecule has 5 heteroatoms. The van der Waals surface area contributed by atoms with Gasteiger partial charge in [-0.15, -0.1) is 0 Å². The largest absolute Gasteiger partial charge is 0.294 e. The molecule has 1 saturated carbocycles. The van der Waals surface area contributed by atoms with Gasteiger partial charge in [-0.05, 0) is 42.5 Å². The van der Waals surface area contributed by atoms with Gasteiger partial charge in [-0.3, -0.25) is 4.55 Å². The minimum Gasteiger partial charge on any atom is -0.282 e. The first-order valence-corrected chi connectivity index (χ1v) is 5.69. The summed E-state index contributed by atoms with van der Waals surface area (Å²) in [5, 5.41) is 0. The van der Waals surface area contributed by atoms with Crippen LogP contribution in [0.1, 0.15) is 24.3 Å². The molecule has 0 saturated heterocycles. The van der Waals surface area contributed by atoms with Crippen LogP contribution >= 0.6 is 0 Å². The van der Waals surface area contributed by atoms with E-state index in [1.165, 1.54) is 6.07 Å². The summed E-state index contributed by atoms with van der Waals surface area (Å²) in [6, 6.07) is 3.33. The molecule has 0 aromatic heterocycles. The fourth-order valence-corrected chi connectivity index (χ4v) is 2.23. The monoisotopic (exact) mass is 216 g/mol. The van der Waals surface area contributed by atoms with Crippen LogP contribution in [0.3, 0.4) is 0 Å². The van der Waals surface area contributed by atoms with Gasteiger partial charge in [0.2, 0.25) is 0 Å². The second-order valence-electron chi connectivity index (χ2n) is 3.43. The van der Waals surface area contributed by atoms with Crippen LogP contribution in [0.4, 0.5) is 4.39 Å². The van der Waals surface area contributed by atoms with E-state index in [2.05, 4.69) is 0 Å². The Hall–Kier alpha value is -0.940. The Morgan fingerprint density at radius 3 is 2.50 bits per heavy atom. The van der Waals surface area contributed by atoms with Crippen LogP contribution in [0.5, 0.6) is 0 Å². The molecule has 0 aliphatic heterocycles. The minimum absolute atomic E-state index is 0.0858. The molecule has 2 rings (SSSR count). The van der Waals surface area contributed by atoms with Gasteiger partial charge in [-0.2, -0.15) is 8.42 Å². The Balaban J connectivity index is 2.59. The molecule has 1 N–H and O–H groups in total. The summed E-state index contributed by atoms with van der Waals surface area (Å²) in [4.78, 5) is -0.165. The van der Waals surface area contributed by atoms with E-state index in [1.807, 2.05) is 0 Å². The lowest BCUT2D eigenvalue weighted by molar-refractivity contribution is 0.481. The highest BCUT2D eigenvalue weighted by Gasteiger charge is 2.29. The predicted octanol–water partition coefficient (Wildman–Crippen LogP) is 1.95. The van der Waals surface area contributed by atoms with Crippen LogP contribution in [0.15, 0.2) is 23.1 Å². The molecule has 3 nitrogen and oxygen atoms in total. The van der Waals surface area contributed by atoms with Crippen LogP contribution in [-0.4, -0.2) is 13.0 Å². The maximum atomic E-state index is 12.8. The quantitative estimate of drug-likeness (QED) is 0.769. The molecule has 1 aromatic rings. The minimum atomic E-state index is -4.22. The van der Waals surface area contributed by atoms with Crippen molar-refractivity contribution >= 4 is 10.1 Å². The van der Waals surface area contributed by atoms with Crippen molar-refractivity contribution < 1.29 is 17.4 Å². The molecule has 0 spiro atoms. The molecule has 1 fully saturated rings. The standard InChI is InChI=1S/C9H9FO3S/c10-7-3-4-9(14(11,12)13)8(5-7)6-1-2-6/h3-6H,1-2H2,(H,11,12,13). The third-order valence-electron chi connectivity index (χ3n) is 2.27. The van der Waals surface area contributed by atoms with E-state index >= 15 is 0 Å². The SMILES string of the molecule is O=S(=O)(O)c1ccc(F)cc1C1CC1. The van der Waals surface area contributed by atoms with Gasteiger partial charge in [0.25, 0.3) is 10.1 Å². The number of halogens is 1. The van der Waals surface area contributed by atoms with Crippen LogP contribution in [0, 0.1) is 5.82 Å². The van der Waals surface area contributed by atoms with Gasteiger partial charge in [-0.25, -0.2) is 4.39 Å². The van der Waals surface area contributed by atoms with Crippen molar-refractivity contribution in [1.29, 1.82) is 0 Å². The summed E-state index contributed by atoms with van der Waals surface area (Å²) in [6.07, 6.45) is 1.71. The summed E-state index contributed by atoms with van der Waals surface area (Å²) >= 11 is 0. The Morgan fingerprint density at radius 1 is 1.36 bits per heavy atom. The van der Waals surface area contributed by atoms with E-state index < -0.39 is 15.9 Å². The molecule has 0 unspecified atom stereocenters. The molecule has 0 radical (unpaired) electrons. The summed E-state index contributed by atoms with van der Waals surface area (Å²) in [5.74, 6) is -0.387. The summed E-state index contributed by atoms with van der Waals surface area (Å²) in [5.41, 5.74) is 0.396. The maximum Gasteiger partial charge on any atom is 0.294 e. The molecule has 1 aromatic carbocycles. The first kappa shape index (κ1) is 9.61. The van der Waals surface area contributed by atoms with Crippen molar-refractivity contribution in [3.05, 3.63) is 29.6 Å². The molecule has 0 amide bonds. The molecular weight excluding hydrogens is 207 g/mol. The van der Waals surface area contributed by atoms with Crippen LogP contribution in [0.25, 0.3) is 0 Å². The Kier molecular flexibility index (Phi) is 2.08. The predicted molar refractivity (Wildman–Crippen MR) is 48.2 cm³/mol. The molecule has 0 atom stereocenters. The molecule has 1 aliphatic carbocycles. The Bertz CT molecular complexity index is 463. The Morgan fingerprint density at radius 2 is 2.00 bits per heavy atom. The normalized spacial score (nSPS) is 17.0. The average Bonchev–Trinajstić information content (AvgIpc) is 2.83. The molecule has 0 heterocycles. The fourth-order valence-electron chi connectivity index (χ4n) is 1.47. The van der Waals surface area contributed by atoms with E-state index in [1.54, 1.807) is 0 Å². The fraction of sp³-hybridized carbons (Fsp3) is 0.333. The number of hydrogen-bond donors (Lipinski definition) is 1. The van der Waals surface area contributed by atoms with Crippen molar-refractivity contribution in [2.24, 2.45) is 0 Å². The lowest BCUT2D eigenvalue weighted by Gasteiger charge is -2.04. The van der Waals surface area contributed by atoms with Gasteiger partial charge in [0.15, 0.2) is 0 Å². The van der Waals surface area contributed by atoms with Crippen LogP contribution in [0.2, 0.25) is 0 Å². The highest BCUT2D eigenvalue weighted by atomic mass is 32.2. The van der Waals surface area contributed by atoms with Crippen LogP contribution in [-0.2, 0) is 10.1 Å². The zero-order valence-electron chi connectivity index (χ0n) is 7.27. The van der Waals surface area contributed by atoms with E-state index in [9.17, 15) is 12.8 Å². The van der Waals surface area contributed by atoms with Gasteiger partial charge in [0.1, 0.15) is 5.82 Å². The molecule has 1 aliphatic rings.